The molecule has 3 N–H and O–H groups in total. The number of benzene rings is 2. The van der Waals surface area contributed by atoms with E-state index in [-0.39, 0.29) is 24.9 Å². The van der Waals surface area contributed by atoms with Gasteiger partial charge in [-0.25, -0.2) is 0 Å². The molecule has 0 radical (unpaired) electrons. The van der Waals surface area contributed by atoms with Crippen molar-refractivity contribution in [3.05, 3.63) is 73.1 Å². The van der Waals surface area contributed by atoms with E-state index in [1.54, 1.807) is 24.5 Å². The molecule has 7 nitrogen and oxygen atoms in total. The quantitative estimate of drug-likeness (QED) is 0.474. The van der Waals surface area contributed by atoms with Gasteiger partial charge in [-0.3, -0.25) is 24.9 Å². The summed E-state index contributed by atoms with van der Waals surface area (Å²) in [6.45, 7) is 0.00879. The molecule has 144 valence electrons. The highest BCUT2D eigenvalue weighted by Crippen LogP contribution is 2.21. The Morgan fingerprint density at radius 3 is 1.59 bits per heavy atom. The first-order valence-corrected chi connectivity index (χ1v) is 9.18. The highest BCUT2D eigenvalue weighted by atomic mass is 16.2. The van der Waals surface area contributed by atoms with E-state index in [2.05, 4.69) is 25.9 Å². The predicted molar refractivity (Wildman–Crippen MR) is 114 cm³/mol. The molecular weight excluding hydrogens is 366 g/mol. The van der Waals surface area contributed by atoms with Crippen LogP contribution in [0.5, 0.6) is 0 Å². The van der Waals surface area contributed by atoms with E-state index in [1.807, 2.05) is 48.5 Å². The molecule has 0 atom stereocenters. The van der Waals surface area contributed by atoms with Crippen molar-refractivity contribution in [2.75, 3.05) is 23.7 Å². The van der Waals surface area contributed by atoms with Gasteiger partial charge in [0.25, 0.3) is 0 Å². The summed E-state index contributed by atoms with van der Waals surface area (Å²) in [5.41, 5.74) is 2.73. The van der Waals surface area contributed by atoms with E-state index >= 15 is 0 Å². The van der Waals surface area contributed by atoms with Gasteiger partial charge in [-0.05, 0) is 24.3 Å². The molecule has 0 saturated heterocycles. The highest BCUT2D eigenvalue weighted by molar-refractivity contribution is 6.02. The van der Waals surface area contributed by atoms with Crippen molar-refractivity contribution in [3.8, 4) is 0 Å². The van der Waals surface area contributed by atoms with Gasteiger partial charge in [0.1, 0.15) is 0 Å². The number of nitrogens with one attached hydrogen (secondary N) is 3. The fourth-order valence-electron chi connectivity index (χ4n) is 3.09. The summed E-state index contributed by atoms with van der Waals surface area (Å²) in [5, 5.41) is 10.4. The van der Waals surface area contributed by atoms with Crippen LogP contribution in [0.4, 0.5) is 11.4 Å². The zero-order valence-electron chi connectivity index (χ0n) is 15.6. The van der Waals surface area contributed by atoms with Gasteiger partial charge >= 0.3 is 0 Å². The van der Waals surface area contributed by atoms with Crippen LogP contribution < -0.4 is 16.0 Å². The van der Waals surface area contributed by atoms with E-state index in [0.29, 0.717) is 11.4 Å². The first kappa shape index (κ1) is 18.5. The van der Waals surface area contributed by atoms with Crippen LogP contribution in [0.25, 0.3) is 21.8 Å². The Hall–Kier alpha value is -3.84. The van der Waals surface area contributed by atoms with Gasteiger partial charge in [0.2, 0.25) is 11.8 Å². The van der Waals surface area contributed by atoms with Crippen LogP contribution in [0, 0.1) is 0 Å². The normalized spacial score (nSPS) is 10.8. The smallest absolute Gasteiger partial charge is 0.238 e. The molecule has 2 amide bonds. The molecule has 0 aliphatic heterocycles. The molecule has 0 aliphatic carbocycles. The van der Waals surface area contributed by atoms with Gasteiger partial charge in [-0.2, -0.15) is 0 Å². The average molecular weight is 385 g/mol. The predicted octanol–water partition coefficient (Wildman–Crippen LogP) is 2.95. The third-order valence-corrected chi connectivity index (χ3v) is 4.38. The lowest BCUT2D eigenvalue weighted by atomic mass is 10.2. The first-order valence-electron chi connectivity index (χ1n) is 9.18. The number of hydrogen-bond acceptors (Lipinski definition) is 5. The monoisotopic (exact) mass is 385 g/mol. The number of anilines is 2. The Balaban J connectivity index is 1.31. The zero-order chi connectivity index (χ0) is 20.1. The van der Waals surface area contributed by atoms with Crippen molar-refractivity contribution in [1.82, 2.24) is 15.3 Å². The molecule has 0 saturated carbocycles. The number of carbonyl (C=O) groups is 2. The van der Waals surface area contributed by atoms with Gasteiger partial charge < -0.3 is 10.6 Å². The molecule has 0 unspecified atom stereocenters. The van der Waals surface area contributed by atoms with E-state index in [9.17, 15) is 9.59 Å². The van der Waals surface area contributed by atoms with Crippen molar-refractivity contribution in [1.29, 1.82) is 0 Å². The van der Waals surface area contributed by atoms with Crippen LogP contribution in [0.3, 0.4) is 0 Å². The van der Waals surface area contributed by atoms with Crippen molar-refractivity contribution < 1.29 is 9.59 Å². The summed E-state index contributed by atoms with van der Waals surface area (Å²) in [7, 11) is 0. The van der Waals surface area contributed by atoms with Gasteiger partial charge in [0.15, 0.2) is 0 Å². The van der Waals surface area contributed by atoms with Crippen LogP contribution in [0.1, 0.15) is 0 Å². The Labute approximate surface area is 167 Å². The number of carbonyl (C=O) groups excluding carboxylic acids is 2. The fraction of sp³-hybridized carbons (Fsp3) is 0.0909. The van der Waals surface area contributed by atoms with Crippen LogP contribution in [-0.4, -0.2) is 34.9 Å². The number of pyridine rings is 2. The van der Waals surface area contributed by atoms with E-state index in [1.165, 1.54) is 0 Å². The summed E-state index contributed by atoms with van der Waals surface area (Å²) < 4.78 is 0. The van der Waals surface area contributed by atoms with Crippen LogP contribution >= 0.6 is 0 Å². The molecule has 0 aliphatic rings. The number of amides is 2. The molecule has 0 spiro atoms. The first-order chi connectivity index (χ1) is 14.2. The van der Waals surface area contributed by atoms with Gasteiger partial charge in [0, 0.05) is 23.2 Å². The van der Waals surface area contributed by atoms with Crippen molar-refractivity contribution in [2.24, 2.45) is 0 Å². The molecule has 4 aromatic rings. The second kappa shape index (κ2) is 8.45. The second-order valence-electron chi connectivity index (χ2n) is 6.46. The minimum Gasteiger partial charge on any atom is -0.323 e. The average Bonchev–Trinajstić information content (AvgIpc) is 2.74. The summed E-state index contributed by atoms with van der Waals surface area (Å²) in [4.78, 5) is 33.1. The van der Waals surface area contributed by atoms with Crippen molar-refractivity contribution in [3.63, 3.8) is 0 Å². The molecule has 29 heavy (non-hydrogen) atoms. The third-order valence-electron chi connectivity index (χ3n) is 4.38. The minimum absolute atomic E-state index is 0.00439. The summed E-state index contributed by atoms with van der Waals surface area (Å²) in [5.74, 6) is -0.495. The number of para-hydroxylation sites is 2. The maximum absolute atomic E-state index is 12.2. The van der Waals surface area contributed by atoms with E-state index in [0.717, 1.165) is 21.8 Å². The lowest BCUT2D eigenvalue weighted by molar-refractivity contribution is -0.116. The Bertz CT molecular complexity index is 1090. The van der Waals surface area contributed by atoms with Gasteiger partial charge in [-0.15, -0.1) is 0 Å². The molecule has 2 heterocycles. The number of hydrogen-bond donors (Lipinski definition) is 3. The Morgan fingerprint density at radius 1 is 0.655 bits per heavy atom. The largest absolute Gasteiger partial charge is 0.323 e. The molecule has 0 fully saturated rings. The zero-order valence-corrected chi connectivity index (χ0v) is 15.6. The Kier molecular flexibility index (Phi) is 5.40. The molecule has 7 heteroatoms. The SMILES string of the molecule is O=C(CNCC(=O)Nc1cccc2cccnc12)Nc1cccc2cccnc12. The number of rotatable bonds is 6. The number of fused-ring (bicyclic) bond motifs is 2. The van der Waals surface area contributed by atoms with E-state index < -0.39 is 0 Å². The molecule has 4 rings (SSSR count). The summed E-state index contributed by atoms with van der Waals surface area (Å²) in [6, 6.07) is 18.7. The van der Waals surface area contributed by atoms with Crippen LogP contribution in [0.2, 0.25) is 0 Å². The van der Waals surface area contributed by atoms with Crippen molar-refractivity contribution >= 4 is 45.0 Å². The minimum atomic E-state index is -0.247. The lowest BCUT2D eigenvalue weighted by Gasteiger charge is -2.10. The van der Waals surface area contributed by atoms with Crippen LogP contribution in [0.15, 0.2) is 73.1 Å². The molecule has 2 aromatic carbocycles. The Morgan fingerprint density at radius 2 is 1.10 bits per heavy atom. The lowest BCUT2D eigenvalue weighted by Crippen LogP contribution is -2.34. The van der Waals surface area contributed by atoms with E-state index in [4.69, 9.17) is 0 Å². The second-order valence-corrected chi connectivity index (χ2v) is 6.46. The standard InChI is InChI=1S/C22H19N5O2/c28-19(26-17-9-1-5-15-7-3-11-24-21(15)17)13-23-14-20(29)27-18-10-2-6-16-8-4-12-25-22(16)18/h1-12,23H,13-14H2,(H,26,28)(H,27,29). The van der Waals surface area contributed by atoms with Gasteiger partial charge in [0.05, 0.1) is 35.5 Å². The molecular formula is C22H19N5O2. The van der Waals surface area contributed by atoms with Crippen LogP contribution in [-0.2, 0) is 9.59 Å². The maximum atomic E-state index is 12.2. The number of aromatic nitrogens is 2. The third kappa shape index (κ3) is 4.36. The van der Waals surface area contributed by atoms with Gasteiger partial charge in [-0.1, -0.05) is 36.4 Å². The summed E-state index contributed by atoms with van der Waals surface area (Å²) in [6.07, 6.45) is 3.37. The van der Waals surface area contributed by atoms with Crippen molar-refractivity contribution in [2.45, 2.75) is 0 Å². The summed E-state index contributed by atoms with van der Waals surface area (Å²) >= 11 is 0. The molecule has 2 aromatic heterocycles. The fourth-order valence-corrected chi connectivity index (χ4v) is 3.09. The molecule has 0 bridgehead atoms. The number of nitrogens with zero attached hydrogens (tertiary/aromatic N) is 2. The highest BCUT2D eigenvalue weighted by Gasteiger charge is 2.09. The maximum Gasteiger partial charge on any atom is 0.238 e. The topological polar surface area (TPSA) is 96.0 Å².